The Hall–Kier alpha value is -2.24. The van der Waals surface area contributed by atoms with Gasteiger partial charge >= 0.3 is 12.0 Å². The number of aromatic hydroxyl groups is 1. The second kappa shape index (κ2) is 6.03. The number of hydrogen-bond donors (Lipinski definition) is 3. The number of urea groups is 1. The van der Waals surface area contributed by atoms with Crippen LogP contribution in [-0.2, 0) is 0 Å². The van der Waals surface area contributed by atoms with E-state index in [2.05, 4.69) is 5.32 Å². The molecule has 6 nitrogen and oxygen atoms in total. The molecule has 0 aliphatic heterocycles. The van der Waals surface area contributed by atoms with Gasteiger partial charge in [0.2, 0.25) is 0 Å². The van der Waals surface area contributed by atoms with E-state index in [0.29, 0.717) is 12.5 Å². The highest BCUT2D eigenvalue weighted by molar-refractivity contribution is 5.93. The van der Waals surface area contributed by atoms with Crippen LogP contribution in [0.5, 0.6) is 5.75 Å². The van der Waals surface area contributed by atoms with Crippen molar-refractivity contribution >= 4 is 17.7 Å². The van der Waals surface area contributed by atoms with Crippen molar-refractivity contribution in [3.63, 3.8) is 0 Å². The molecule has 0 saturated heterocycles. The minimum absolute atomic E-state index is 0.0215. The maximum absolute atomic E-state index is 12.3. The van der Waals surface area contributed by atoms with E-state index in [0.717, 1.165) is 18.9 Å². The van der Waals surface area contributed by atoms with E-state index in [1.807, 2.05) is 13.8 Å². The van der Waals surface area contributed by atoms with Gasteiger partial charge in [-0.15, -0.1) is 0 Å². The number of phenolic OH excluding ortho intramolecular Hbond substituents is 1. The molecule has 0 unspecified atom stereocenters. The lowest BCUT2D eigenvalue weighted by molar-refractivity contribution is 0.0696. The number of hydrogen-bond acceptors (Lipinski definition) is 3. The normalized spacial score (nSPS) is 14.0. The van der Waals surface area contributed by atoms with Crippen molar-refractivity contribution in [1.29, 1.82) is 0 Å². The van der Waals surface area contributed by atoms with Crippen LogP contribution in [0.3, 0.4) is 0 Å². The maximum Gasteiger partial charge on any atom is 0.335 e. The van der Waals surface area contributed by atoms with E-state index >= 15 is 0 Å². The monoisotopic (exact) mass is 292 g/mol. The quantitative estimate of drug-likeness (QED) is 0.728. The topological polar surface area (TPSA) is 89.9 Å². The van der Waals surface area contributed by atoms with Crippen molar-refractivity contribution < 1.29 is 19.8 Å². The summed E-state index contributed by atoms with van der Waals surface area (Å²) >= 11 is 0. The summed E-state index contributed by atoms with van der Waals surface area (Å²) in [5, 5.41) is 21.3. The number of carboxylic acid groups (broad SMARTS) is 1. The minimum Gasteiger partial charge on any atom is -0.506 e. The minimum atomic E-state index is -1.12. The van der Waals surface area contributed by atoms with Gasteiger partial charge in [0, 0.05) is 12.6 Å². The number of rotatable bonds is 5. The molecule has 114 valence electrons. The molecule has 3 N–H and O–H groups in total. The van der Waals surface area contributed by atoms with Crippen molar-refractivity contribution in [2.75, 3.05) is 11.9 Å². The Kier molecular flexibility index (Phi) is 4.35. The van der Waals surface area contributed by atoms with E-state index in [1.165, 1.54) is 12.1 Å². The second-order valence-corrected chi connectivity index (χ2v) is 5.74. The molecule has 1 aliphatic carbocycles. The average molecular weight is 292 g/mol. The summed E-state index contributed by atoms with van der Waals surface area (Å²) in [5.74, 6) is -1.01. The molecule has 0 spiro atoms. The molecular weight excluding hydrogens is 272 g/mol. The maximum atomic E-state index is 12.3. The van der Waals surface area contributed by atoms with Crippen LogP contribution >= 0.6 is 0 Å². The summed E-state index contributed by atoms with van der Waals surface area (Å²) < 4.78 is 0. The molecule has 0 atom stereocenters. The fourth-order valence-electron chi connectivity index (χ4n) is 2.13. The van der Waals surface area contributed by atoms with Crippen LogP contribution in [0.2, 0.25) is 0 Å². The van der Waals surface area contributed by atoms with Crippen molar-refractivity contribution in [2.24, 2.45) is 5.92 Å². The summed E-state index contributed by atoms with van der Waals surface area (Å²) in [7, 11) is 0. The fourth-order valence-corrected chi connectivity index (χ4v) is 2.13. The van der Waals surface area contributed by atoms with Gasteiger partial charge < -0.3 is 20.4 Å². The van der Waals surface area contributed by atoms with E-state index in [-0.39, 0.29) is 29.1 Å². The third kappa shape index (κ3) is 3.87. The van der Waals surface area contributed by atoms with Gasteiger partial charge in [-0.3, -0.25) is 0 Å². The van der Waals surface area contributed by atoms with Gasteiger partial charge in [0.05, 0.1) is 11.3 Å². The van der Waals surface area contributed by atoms with Crippen LogP contribution in [0.15, 0.2) is 18.2 Å². The predicted octanol–water partition coefficient (Wildman–Crippen LogP) is 2.74. The molecule has 1 saturated carbocycles. The molecule has 0 aromatic heterocycles. The zero-order valence-electron chi connectivity index (χ0n) is 12.2. The van der Waals surface area contributed by atoms with Crippen LogP contribution in [0, 0.1) is 5.92 Å². The SMILES string of the molecule is CC(C)CN(C(=O)Nc1ccc(C(=O)O)cc1O)C1CC1. The molecule has 6 heteroatoms. The third-order valence-corrected chi connectivity index (χ3v) is 3.30. The Morgan fingerprint density at radius 2 is 2.05 bits per heavy atom. The number of carbonyl (C=O) groups is 2. The summed E-state index contributed by atoms with van der Waals surface area (Å²) in [6.07, 6.45) is 2.01. The number of aromatic carboxylic acids is 1. The molecule has 0 heterocycles. The predicted molar refractivity (Wildman–Crippen MR) is 78.7 cm³/mol. The Morgan fingerprint density at radius 1 is 1.38 bits per heavy atom. The number of nitrogens with zero attached hydrogens (tertiary/aromatic N) is 1. The number of phenols is 1. The Morgan fingerprint density at radius 3 is 2.52 bits per heavy atom. The molecule has 0 radical (unpaired) electrons. The van der Waals surface area contributed by atoms with E-state index < -0.39 is 5.97 Å². The molecule has 21 heavy (non-hydrogen) atoms. The van der Waals surface area contributed by atoms with Crippen LogP contribution in [0.1, 0.15) is 37.0 Å². The summed E-state index contributed by atoms with van der Waals surface area (Å²) in [5.41, 5.74) is 0.200. The molecule has 2 rings (SSSR count). The van der Waals surface area contributed by atoms with Gasteiger partial charge in [-0.2, -0.15) is 0 Å². The first kappa shape index (κ1) is 15.2. The lowest BCUT2D eigenvalue weighted by Gasteiger charge is -2.25. The average Bonchev–Trinajstić information content (AvgIpc) is 3.22. The number of nitrogens with one attached hydrogen (secondary N) is 1. The van der Waals surface area contributed by atoms with Crippen LogP contribution in [0.25, 0.3) is 0 Å². The molecule has 1 aromatic carbocycles. The highest BCUT2D eigenvalue weighted by Crippen LogP contribution is 2.30. The largest absolute Gasteiger partial charge is 0.506 e. The first-order chi connectivity index (χ1) is 9.88. The van der Waals surface area contributed by atoms with Crippen molar-refractivity contribution in [2.45, 2.75) is 32.7 Å². The van der Waals surface area contributed by atoms with Crippen molar-refractivity contribution in [3.8, 4) is 5.75 Å². The first-order valence-electron chi connectivity index (χ1n) is 7.02. The highest BCUT2D eigenvalue weighted by Gasteiger charge is 2.33. The molecule has 1 aromatic rings. The zero-order chi connectivity index (χ0) is 15.6. The Balaban J connectivity index is 2.09. The van der Waals surface area contributed by atoms with Gasteiger partial charge in [-0.1, -0.05) is 13.8 Å². The van der Waals surface area contributed by atoms with Crippen molar-refractivity contribution in [1.82, 2.24) is 4.90 Å². The van der Waals surface area contributed by atoms with Crippen LogP contribution in [-0.4, -0.2) is 39.7 Å². The van der Waals surface area contributed by atoms with Gasteiger partial charge in [0.15, 0.2) is 0 Å². The van der Waals surface area contributed by atoms with E-state index in [4.69, 9.17) is 5.11 Å². The third-order valence-electron chi connectivity index (χ3n) is 3.30. The van der Waals surface area contributed by atoms with E-state index in [1.54, 1.807) is 4.90 Å². The lowest BCUT2D eigenvalue weighted by Crippen LogP contribution is -2.39. The summed E-state index contributed by atoms with van der Waals surface area (Å²) in [6.45, 7) is 4.74. The molecule has 0 bridgehead atoms. The van der Waals surface area contributed by atoms with Gasteiger partial charge in [-0.05, 0) is 37.0 Å². The van der Waals surface area contributed by atoms with Crippen molar-refractivity contribution in [3.05, 3.63) is 23.8 Å². The van der Waals surface area contributed by atoms with Gasteiger partial charge in [0.1, 0.15) is 5.75 Å². The number of anilines is 1. The van der Waals surface area contributed by atoms with E-state index in [9.17, 15) is 14.7 Å². The lowest BCUT2D eigenvalue weighted by atomic mass is 10.2. The molecule has 1 fully saturated rings. The molecular formula is C15H20N2O4. The van der Waals surface area contributed by atoms with Gasteiger partial charge in [-0.25, -0.2) is 9.59 Å². The Labute approximate surface area is 123 Å². The molecule has 2 amide bonds. The highest BCUT2D eigenvalue weighted by atomic mass is 16.4. The fraction of sp³-hybridized carbons (Fsp3) is 0.467. The summed E-state index contributed by atoms with van der Waals surface area (Å²) in [4.78, 5) is 24.9. The van der Waals surface area contributed by atoms with Crippen LogP contribution in [0.4, 0.5) is 10.5 Å². The first-order valence-corrected chi connectivity index (χ1v) is 7.02. The zero-order valence-corrected chi connectivity index (χ0v) is 12.2. The number of carboxylic acids is 1. The smallest absolute Gasteiger partial charge is 0.335 e. The number of carbonyl (C=O) groups excluding carboxylic acids is 1. The van der Waals surface area contributed by atoms with Gasteiger partial charge in [0.25, 0.3) is 0 Å². The Bertz CT molecular complexity index is 553. The second-order valence-electron chi connectivity index (χ2n) is 5.74. The molecule has 1 aliphatic rings. The number of benzene rings is 1. The van der Waals surface area contributed by atoms with Crippen LogP contribution < -0.4 is 5.32 Å². The summed E-state index contributed by atoms with van der Waals surface area (Å²) in [6, 6.07) is 3.89. The standard InChI is InChI=1S/C15H20N2O4/c1-9(2)8-17(11-4-5-11)15(21)16-12-6-3-10(14(19)20)7-13(12)18/h3,6-7,9,11,18H,4-5,8H2,1-2H3,(H,16,21)(H,19,20). The number of amides is 2.